The summed E-state index contributed by atoms with van der Waals surface area (Å²) in [5.74, 6) is -2.14. The summed E-state index contributed by atoms with van der Waals surface area (Å²) in [6.07, 6.45) is 0.821. The standard InChI is InChI=1S/C17H21NO4/c1-10-8-14(15(17(20)21)9-11(10)2)16(19)18-12-4-6-13(22-3)7-5-12/h4-7,14-15H,8-9H2,1-3H3,(H,18,19)(H,20,21)/p-1/t14-,15+/m1/s1. The second kappa shape index (κ2) is 6.64. The monoisotopic (exact) mass is 302 g/mol. The number of amides is 1. The van der Waals surface area contributed by atoms with Crippen molar-refractivity contribution < 1.29 is 19.4 Å². The zero-order chi connectivity index (χ0) is 16.3. The van der Waals surface area contributed by atoms with Gasteiger partial charge in [-0.05, 0) is 51.0 Å². The molecule has 2 atom stereocenters. The maximum atomic E-state index is 12.4. The van der Waals surface area contributed by atoms with Crippen molar-refractivity contribution in [1.82, 2.24) is 0 Å². The Hall–Kier alpha value is -2.30. The summed E-state index contributed by atoms with van der Waals surface area (Å²) in [5, 5.41) is 14.1. The highest BCUT2D eigenvalue weighted by Crippen LogP contribution is 2.34. The van der Waals surface area contributed by atoms with Crippen molar-refractivity contribution in [2.45, 2.75) is 26.7 Å². The lowest BCUT2D eigenvalue weighted by Gasteiger charge is -2.32. The van der Waals surface area contributed by atoms with Crippen LogP contribution in [-0.4, -0.2) is 19.0 Å². The molecule has 22 heavy (non-hydrogen) atoms. The summed E-state index contributed by atoms with van der Waals surface area (Å²) >= 11 is 0. The first-order chi connectivity index (χ1) is 10.4. The van der Waals surface area contributed by atoms with Crippen molar-refractivity contribution in [3.63, 3.8) is 0 Å². The van der Waals surface area contributed by atoms with E-state index >= 15 is 0 Å². The lowest BCUT2D eigenvalue weighted by molar-refractivity contribution is -0.313. The number of anilines is 1. The van der Waals surface area contributed by atoms with Gasteiger partial charge in [0.1, 0.15) is 5.75 Å². The molecule has 2 rings (SSSR count). The number of benzene rings is 1. The molecule has 0 fully saturated rings. The van der Waals surface area contributed by atoms with Gasteiger partial charge in [0, 0.05) is 17.6 Å². The molecular formula is C17H20NO4-. The number of ether oxygens (including phenoxy) is 1. The van der Waals surface area contributed by atoms with Gasteiger partial charge in [-0.15, -0.1) is 0 Å². The fraction of sp³-hybridized carbons (Fsp3) is 0.412. The van der Waals surface area contributed by atoms with Gasteiger partial charge in [0.15, 0.2) is 0 Å². The van der Waals surface area contributed by atoms with Crippen molar-refractivity contribution in [3.05, 3.63) is 35.4 Å². The third-order valence-electron chi connectivity index (χ3n) is 4.26. The molecule has 1 aromatic carbocycles. The van der Waals surface area contributed by atoms with E-state index in [9.17, 15) is 14.7 Å². The number of nitrogens with one attached hydrogen (secondary N) is 1. The Kier molecular flexibility index (Phi) is 4.85. The molecule has 0 heterocycles. The highest BCUT2D eigenvalue weighted by atomic mass is 16.5. The zero-order valence-corrected chi connectivity index (χ0v) is 13.0. The highest BCUT2D eigenvalue weighted by Gasteiger charge is 2.33. The summed E-state index contributed by atoms with van der Waals surface area (Å²) in [7, 11) is 1.57. The number of carbonyl (C=O) groups excluding carboxylic acids is 2. The largest absolute Gasteiger partial charge is 0.550 e. The SMILES string of the molecule is COc1ccc(NC(=O)[C@@H]2CC(C)=C(C)C[C@@H]2C(=O)[O-])cc1. The minimum absolute atomic E-state index is 0.286. The number of carboxylic acid groups (broad SMARTS) is 1. The Morgan fingerprint density at radius 3 is 2.14 bits per heavy atom. The van der Waals surface area contributed by atoms with Crippen molar-refractivity contribution >= 4 is 17.6 Å². The third-order valence-corrected chi connectivity index (χ3v) is 4.26. The van der Waals surface area contributed by atoms with Crippen molar-refractivity contribution in [2.24, 2.45) is 11.8 Å². The van der Waals surface area contributed by atoms with Gasteiger partial charge < -0.3 is 20.0 Å². The van der Waals surface area contributed by atoms with Gasteiger partial charge in [-0.1, -0.05) is 11.1 Å². The molecule has 0 spiro atoms. The summed E-state index contributed by atoms with van der Waals surface area (Å²) < 4.78 is 5.06. The van der Waals surface area contributed by atoms with Crippen LogP contribution in [0.3, 0.4) is 0 Å². The van der Waals surface area contributed by atoms with E-state index in [1.807, 2.05) is 13.8 Å². The minimum Gasteiger partial charge on any atom is -0.550 e. The van der Waals surface area contributed by atoms with Crippen LogP contribution >= 0.6 is 0 Å². The predicted molar refractivity (Wildman–Crippen MR) is 81.2 cm³/mol. The molecule has 5 heteroatoms. The molecule has 0 saturated heterocycles. The zero-order valence-electron chi connectivity index (χ0n) is 13.0. The van der Waals surface area contributed by atoms with Gasteiger partial charge in [0.05, 0.1) is 13.0 Å². The molecule has 5 nitrogen and oxygen atoms in total. The average Bonchev–Trinajstić information content (AvgIpc) is 2.50. The molecule has 1 N–H and O–H groups in total. The minimum atomic E-state index is -1.17. The second-order valence-electron chi connectivity index (χ2n) is 5.72. The van der Waals surface area contributed by atoms with Gasteiger partial charge in [-0.3, -0.25) is 4.79 Å². The normalized spacial score (nSPS) is 21.4. The smallest absolute Gasteiger partial charge is 0.228 e. The number of methoxy groups -OCH3 is 1. The van der Waals surface area contributed by atoms with Crippen molar-refractivity contribution in [3.8, 4) is 5.75 Å². The number of carbonyl (C=O) groups is 2. The van der Waals surface area contributed by atoms with E-state index < -0.39 is 17.8 Å². The molecule has 0 bridgehead atoms. The van der Waals surface area contributed by atoms with Gasteiger partial charge in [0.2, 0.25) is 5.91 Å². The summed E-state index contributed by atoms with van der Waals surface area (Å²) in [4.78, 5) is 23.8. The number of hydrogen-bond donors (Lipinski definition) is 1. The highest BCUT2D eigenvalue weighted by molar-refractivity contribution is 5.95. The van der Waals surface area contributed by atoms with Crippen molar-refractivity contribution in [2.75, 3.05) is 12.4 Å². The maximum Gasteiger partial charge on any atom is 0.228 e. The van der Waals surface area contributed by atoms with Crippen LogP contribution in [0.15, 0.2) is 35.4 Å². The van der Waals surface area contributed by atoms with E-state index in [0.29, 0.717) is 24.3 Å². The summed E-state index contributed by atoms with van der Waals surface area (Å²) in [6, 6.07) is 6.92. The average molecular weight is 302 g/mol. The van der Waals surface area contributed by atoms with Gasteiger partial charge in [-0.2, -0.15) is 0 Å². The van der Waals surface area contributed by atoms with E-state index in [1.165, 1.54) is 0 Å². The first kappa shape index (κ1) is 16.1. The molecular weight excluding hydrogens is 282 g/mol. The number of carboxylic acids is 1. The molecule has 0 aromatic heterocycles. The lowest BCUT2D eigenvalue weighted by atomic mass is 9.76. The van der Waals surface area contributed by atoms with E-state index in [2.05, 4.69) is 5.32 Å². The Morgan fingerprint density at radius 2 is 1.64 bits per heavy atom. The lowest BCUT2D eigenvalue weighted by Crippen LogP contribution is -2.42. The van der Waals surface area contributed by atoms with Crippen LogP contribution in [-0.2, 0) is 9.59 Å². The maximum absolute atomic E-state index is 12.4. The predicted octanol–water partition coefficient (Wildman–Crippen LogP) is 1.75. The Morgan fingerprint density at radius 1 is 1.09 bits per heavy atom. The number of aliphatic carboxylic acids is 1. The van der Waals surface area contributed by atoms with Crippen LogP contribution in [0.1, 0.15) is 26.7 Å². The van der Waals surface area contributed by atoms with Crippen LogP contribution in [0, 0.1) is 11.8 Å². The molecule has 1 amide bonds. The topological polar surface area (TPSA) is 78.5 Å². The molecule has 1 aromatic rings. The Balaban J connectivity index is 2.14. The van der Waals surface area contributed by atoms with E-state index in [1.54, 1.807) is 31.4 Å². The molecule has 0 saturated carbocycles. The van der Waals surface area contributed by atoms with Crippen LogP contribution in [0.2, 0.25) is 0 Å². The van der Waals surface area contributed by atoms with E-state index in [-0.39, 0.29) is 5.91 Å². The van der Waals surface area contributed by atoms with E-state index in [0.717, 1.165) is 11.1 Å². The molecule has 1 aliphatic rings. The van der Waals surface area contributed by atoms with Gasteiger partial charge in [0.25, 0.3) is 0 Å². The number of rotatable bonds is 4. The quantitative estimate of drug-likeness (QED) is 0.859. The summed E-state index contributed by atoms with van der Waals surface area (Å²) in [5.41, 5.74) is 2.72. The van der Waals surface area contributed by atoms with E-state index in [4.69, 9.17) is 4.74 Å². The van der Waals surface area contributed by atoms with Crippen LogP contribution < -0.4 is 15.2 Å². The second-order valence-corrected chi connectivity index (χ2v) is 5.72. The molecule has 118 valence electrons. The first-order valence-corrected chi connectivity index (χ1v) is 7.23. The molecule has 0 radical (unpaired) electrons. The van der Waals surface area contributed by atoms with Gasteiger partial charge in [-0.25, -0.2) is 0 Å². The number of allylic oxidation sites excluding steroid dienone is 2. The third kappa shape index (κ3) is 3.47. The fourth-order valence-corrected chi connectivity index (χ4v) is 2.73. The Bertz CT molecular complexity index is 604. The molecule has 1 aliphatic carbocycles. The number of hydrogen-bond acceptors (Lipinski definition) is 4. The first-order valence-electron chi connectivity index (χ1n) is 7.23. The fourth-order valence-electron chi connectivity index (χ4n) is 2.73. The van der Waals surface area contributed by atoms with Gasteiger partial charge >= 0.3 is 0 Å². The molecule has 0 aliphatic heterocycles. The van der Waals surface area contributed by atoms with Crippen LogP contribution in [0.5, 0.6) is 5.75 Å². The van der Waals surface area contributed by atoms with Crippen LogP contribution in [0.25, 0.3) is 0 Å². The van der Waals surface area contributed by atoms with Crippen LogP contribution in [0.4, 0.5) is 5.69 Å². The van der Waals surface area contributed by atoms with Crippen molar-refractivity contribution in [1.29, 1.82) is 0 Å². The molecule has 0 unspecified atom stereocenters. The Labute approximate surface area is 130 Å². The summed E-state index contributed by atoms with van der Waals surface area (Å²) in [6.45, 7) is 3.84.